The van der Waals surface area contributed by atoms with Crippen molar-refractivity contribution >= 4 is 11.9 Å². The molecule has 10 heteroatoms. The molecule has 174 valence electrons. The molecule has 0 aliphatic carbocycles. The molecule has 0 unspecified atom stereocenters. The van der Waals surface area contributed by atoms with Crippen molar-refractivity contribution in [1.29, 1.82) is 0 Å². The number of methoxy groups -OCH3 is 1. The second-order valence-corrected chi connectivity index (χ2v) is 6.94. The lowest BCUT2D eigenvalue weighted by molar-refractivity contribution is 0.0525. The summed E-state index contributed by atoms with van der Waals surface area (Å²) in [6.07, 6.45) is 2.77. The Hall–Kier alpha value is -3.92. The summed E-state index contributed by atoms with van der Waals surface area (Å²) in [4.78, 5) is 25.8. The maximum absolute atomic E-state index is 14.6. The summed E-state index contributed by atoms with van der Waals surface area (Å²) in [5.74, 6) is -1.53. The molecule has 33 heavy (non-hydrogen) atoms. The van der Waals surface area contributed by atoms with Crippen molar-refractivity contribution < 1.29 is 32.9 Å². The van der Waals surface area contributed by atoms with E-state index in [0.717, 1.165) is 6.07 Å². The van der Waals surface area contributed by atoms with Gasteiger partial charge in [0.05, 0.1) is 25.0 Å². The van der Waals surface area contributed by atoms with Crippen LogP contribution in [0.2, 0.25) is 0 Å². The highest BCUT2D eigenvalue weighted by Crippen LogP contribution is 2.30. The maximum atomic E-state index is 14.6. The van der Waals surface area contributed by atoms with E-state index in [1.807, 2.05) is 0 Å². The van der Waals surface area contributed by atoms with E-state index >= 15 is 0 Å². The molecular formula is C23H24FN3O6. The number of ether oxygens (including phenoxy) is 4. The molecule has 1 aromatic heterocycles. The minimum absolute atomic E-state index is 0.0615. The first-order valence-electron chi connectivity index (χ1n) is 10.2. The molecule has 1 amide bonds. The highest BCUT2D eigenvalue weighted by atomic mass is 19.1. The fraction of sp³-hybridized carbons (Fsp3) is 0.261. The maximum Gasteiger partial charge on any atom is 0.338 e. The summed E-state index contributed by atoms with van der Waals surface area (Å²) < 4.78 is 36.0. The molecule has 0 aliphatic heterocycles. The number of rotatable bonds is 10. The van der Waals surface area contributed by atoms with Crippen molar-refractivity contribution in [1.82, 2.24) is 9.89 Å². The fourth-order valence-corrected chi connectivity index (χ4v) is 2.89. The molecule has 0 spiro atoms. The van der Waals surface area contributed by atoms with Crippen LogP contribution in [0, 0.1) is 5.82 Å². The van der Waals surface area contributed by atoms with Crippen LogP contribution >= 0.6 is 0 Å². The molecule has 9 nitrogen and oxygen atoms in total. The molecule has 0 saturated carbocycles. The van der Waals surface area contributed by atoms with Crippen LogP contribution in [0.4, 0.5) is 4.39 Å². The molecule has 1 heterocycles. The number of halogens is 1. The summed E-state index contributed by atoms with van der Waals surface area (Å²) in [5.41, 5.74) is 2.85. The van der Waals surface area contributed by atoms with Crippen LogP contribution in [-0.4, -0.2) is 48.2 Å². The van der Waals surface area contributed by atoms with Gasteiger partial charge in [-0.2, -0.15) is 9.89 Å². The number of carbonyl (C=O) groups excluding carboxylic acids is 2. The second-order valence-electron chi connectivity index (χ2n) is 6.94. The zero-order valence-corrected chi connectivity index (χ0v) is 18.4. The van der Waals surface area contributed by atoms with Gasteiger partial charge in [0, 0.05) is 24.9 Å². The van der Waals surface area contributed by atoms with Crippen molar-refractivity contribution in [2.24, 2.45) is 0 Å². The fourth-order valence-electron chi connectivity index (χ4n) is 2.89. The lowest BCUT2D eigenvalue weighted by Crippen LogP contribution is -2.23. The highest BCUT2D eigenvalue weighted by Gasteiger charge is 2.16. The molecule has 0 radical (unpaired) electrons. The van der Waals surface area contributed by atoms with Gasteiger partial charge in [0.2, 0.25) is 0 Å². The van der Waals surface area contributed by atoms with Gasteiger partial charge in [0.15, 0.2) is 11.6 Å². The van der Waals surface area contributed by atoms with E-state index in [4.69, 9.17) is 18.9 Å². The van der Waals surface area contributed by atoms with Gasteiger partial charge >= 0.3 is 5.97 Å². The third-order valence-electron chi connectivity index (χ3n) is 4.27. The van der Waals surface area contributed by atoms with Crippen LogP contribution in [0.1, 0.15) is 34.6 Å². The Bertz CT molecular complexity index is 1100. The molecular weight excluding hydrogens is 433 g/mol. The largest absolute Gasteiger partial charge is 0.488 e. The smallest absolute Gasteiger partial charge is 0.338 e. The number of amides is 1. The number of hydrogen-bond acceptors (Lipinski definition) is 7. The minimum Gasteiger partial charge on any atom is -0.488 e. The summed E-state index contributed by atoms with van der Waals surface area (Å²) >= 11 is 0. The van der Waals surface area contributed by atoms with Gasteiger partial charge in [0.25, 0.3) is 5.91 Å². The van der Waals surface area contributed by atoms with E-state index in [2.05, 4.69) is 10.5 Å². The van der Waals surface area contributed by atoms with Gasteiger partial charge in [-0.3, -0.25) is 4.79 Å². The number of hydrogen-bond donors (Lipinski definition) is 1. The predicted octanol–water partition coefficient (Wildman–Crippen LogP) is 3.79. The van der Waals surface area contributed by atoms with E-state index < -0.39 is 17.7 Å². The molecule has 3 rings (SSSR count). The van der Waals surface area contributed by atoms with Gasteiger partial charge < -0.3 is 18.9 Å². The lowest BCUT2D eigenvalue weighted by atomic mass is 10.2. The summed E-state index contributed by atoms with van der Waals surface area (Å²) in [5, 5.41) is 3.93. The van der Waals surface area contributed by atoms with Crippen LogP contribution < -0.4 is 14.9 Å². The van der Waals surface area contributed by atoms with Crippen LogP contribution in [0.3, 0.4) is 0 Å². The monoisotopic (exact) mass is 457 g/mol. The Balaban J connectivity index is 1.88. The number of esters is 1. The summed E-state index contributed by atoms with van der Waals surface area (Å²) in [6.45, 7) is 3.96. The third kappa shape index (κ3) is 6.53. The van der Waals surface area contributed by atoms with Crippen molar-refractivity contribution in [3.05, 3.63) is 71.8 Å². The summed E-state index contributed by atoms with van der Waals surface area (Å²) in [7, 11) is 1.55. The van der Waals surface area contributed by atoms with Crippen LogP contribution in [0.5, 0.6) is 17.2 Å². The van der Waals surface area contributed by atoms with Crippen molar-refractivity contribution in [3.63, 3.8) is 0 Å². The Kier molecular flexibility index (Phi) is 7.98. The van der Waals surface area contributed by atoms with Crippen LogP contribution in [0.15, 0.2) is 54.9 Å². The normalized spacial score (nSPS) is 11.5. The molecule has 0 fully saturated rings. The first-order valence-corrected chi connectivity index (χ1v) is 10.2. The Morgan fingerprint density at radius 1 is 1.15 bits per heavy atom. The zero-order valence-electron chi connectivity index (χ0n) is 18.4. The van der Waals surface area contributed by atoms with Gasteiger partial charge in [-0.1, -0.05) is 0 Å². The average molecular weight is 457 g/mol. The number of nitrogens with zero attached hydrogens (tertiary/aromatic N) is 2. The van der Waals surface area contributed by atoms with E-state index in [1.54, 1.807) is 33.2 Å². The topological polar surface area (TPSA) is 101 Å². The first kappa shape index (κ1) is 23.7. The van der Waals surface area contributed by atoms with Crippen LogP contribution in [-0.2, 0) is 9.47 Å². The number of carbonyl (C=O) groups is 2. The Morgan fingerprint density at radius 3 is 2.61 bits per heavy atom. The summed E-state index contributed by atoms with van der Waals surface area (Å²) in [6, 6.07) is 9.87. The van der Waals surface area contributed by atoms with E-state index in [0.29, 0.717) is 12.4 Å². The molecule has 1 N–H and O–H groups in total. The number of nitrogens with one attached hydrogen (secondary N) is 1. The Labute approximate surface area is 190 Å². The number of benzene rings is 2. The van der Waals surface area contributed by atoms with Gasteiger partial charge in [-0.15, -0.1) is 0 Å². The lowest BCUT2D eigenvalue weighted by Gasteiger charge is -2.16. The van der Waals surface area contributed by atoms with Gasteiger partial charge in [-0.25, -0.2) is 14.6 Å². The van der Waals surface area contributed by atoms with Crippen molar-refractivity contribution in [2.75, 3.05) is 25.7 Å². The average Bonchev–Trinajstić information content (AvgIpc) is 3.28. The van der Waals surface area contributed by atoms with E-state index in [1.165, 1.54) is 41.3 Å². The third-order valence-corrected chi connectivity index (χ3v) is 4.27. The van der Waals surface area contributed by atoms with Crippen molar-refractivity contribution in [2.45, 2.75) is 20.0 Å². The predicted molar refractivity (Wildman–Crippen MR) is 117 cm³/mol. The highest BCUT2D eigenvalue weighted by molar-refractivity contribution is 6.00. The molecule has 3 aromatic rings. The first-order chi connectivity index (χ1) is 15.9. The van der Waals surface area contributed by atoms with Gasteiger partial charge in [0.1, 0.15) is 17.6 Å². The Morgan fingerprint density at radius 2 is 1.94 bits per heavy atom. The molecule has 0 bridgehead atoms. The standard InChI is InChI=1S/C23H24FN3O6/c1-4-31-23(29)16-6-7-21(20(24)12-16)33-19-11-17(22(28)26-27-9-5-8-25-27)10-18(13-19)32-15(2)14-30-3/h5-13,15H,4,14H2,1-3H3,(H,26,28)/t15-/m0/s1. The quantitative estimate of drug-likeness (QED) is 0.462. The number of aromatic nitrogens is 2. The van der Waals surface area contributed by atoms with Gasteiger partial charge in [-0.05, 0) is 50.2 Å². The SMILES string of the molecule is CCOC(=O)c1ccc(Oc2cc(O[C@@H](C)COC)cc(C(=O)Nn3cccn3)c2)c(F)c1. The molecule has 2 aromatic carbocycles. The molecule has 1 atom stereocenters. The second kappa shape index (κ2) is 11.1. The van der Waals surface area contributed by atoms with Crippen LogP contribution in [0.25, 0.3) is 0 Å². The molecule has 0 aliphatic rings. The zero-order chi connectivity index (χ0) is 23.8. The molecule has 0 saturated heterocycles. The van der Waals surface area contributed by atoms with E-state index in [-0.39, 0.29) is 35.3 Å². The van der Waals surface area contributed by atoms with Crippen molar-refractivity contribution in [3.8, 4) is 17.2 Å². The van der Waals surface area contributed by atoms with E-state index in [9.17, 15) is 14.0 Å². The minimum atomic E-state index is -0.762.